The number of sulfonamides is 1. The van der Waals surface area contributed by atoms with Crippen LogP contribution in [-0.4, -0.2) is 43.1 Å². The largest absolute Gasteiger partial charge is 0.497 e. The number of methoxy groups -OCH3 is 1. The van der Waals surface area contributed by atoms with E-state index in [0.717, 1.165) is 5.56 Å². The van der Waals surface area contributed by atoms with E-state index in [2.05, 4.69) is 10.1 Å². The molecule has 2 aromatic carbocycles. The minimum Gasteiger partial charge on any atom is -0.497 e. The van der Waals surface area contributed by atoms with Gasteiger partial charge in [0, 0.05) is 24.6 Å². The Bertz CT molecular complexity index is 1170. The molecule has 0 spiro atoms. The zero-order valence-corrected chi connectivity index (χ0v) is 17.2. The van der Waals surface area contributed by atoms with Crippen molar-refractivity contribution in [2.24, 2.45) is 0 Å². The maximum atomic E-state index is 12.9. The van der Waals surface area contributed by atoms with E-state index in [4.69, 9.17) is 14.5 Å². The van der Waals surface area contributed by atoms with E-state index in [1.807, 2.05) is 30.3 Å². The Labute approximate surface area is 174 Å². The fourth-order valence-corrected chi connectivity index (χ4v) is 4.95. The van der Waals surface area contributed by atoms with Crippen LogP contribution in [0.5, 0.6) is 5.75 Å². The molecule has 30 heavy (non-hydrogen) atoms. The summed E-state index contributed by atoms with van der Waals surface area (Å²) < 4.78 is 37.8. The van der Waals surface area contributed by atoms with Gasteiger partial charge in [-0.15, -0.1) is 0 Å². The van der Waals surface area contributed by atoms with Crippen molar-refractivity contribution in [3.8, 4) is 23.3 Å². The molecule has 154 valence electrons. The second-order valence-corrected chi connectivity index (χ2v) is 8.94. The van der Waals surface area contributed by atoms with Crippen LogP contribution in [0.3, 0.4) is 0 Å². The predicted molar refractivity (Wildman–Crippen MR) is 108 cm³/mol. The third-order valence-corrected chi connectivity index (χ3v) is 7.11. The quantitative estimate of drug-likeness (QED) is 0.619. The van der Waals surface area contributed by atoms with Gasteiger partial charge in [0.1, 0.15) is 5.75 Å². The zero-order valence-electron chi connectivity index (χ0n) is 16.4. The molecular weight excluding hydrogens is 404 g/mol. The van der Waals surface area contributed by atoms with Gasteiger partial charge >= 0.3 is 0 Å². The average Bonchev–Trinajstić information content (AvgIpc) is 3.29. The van der Waals surface area contributed by atoms with E-state index < -0.39 is 10.0 Å². The van der Waals surface area contributed by atoms with Gasteiger partial charge in [0.15, 0.2) is 5.82 Å². The van der Waals surface area contributed by atoms with E-state index in [9.17, 15) is 8.42 Å². The number of hydrogen-bond donors (Lipinski definition) is 0. The van der Waals surface area contributed by atoms with Gasteiger partial charge < -0.3 is 9.26 Å². The number of rotatable bonds is 5. The summed E-state index contributed by atoms with van der Waals surface area (Å²) in [6.07, 6.45) is 1.21. The molecule has 2 heterocycles. The molecule has 1 aliphatic heterocycles. The van der Waals surface area contributed by atoms with Crippen LogP contribution in [0.2, 0.25) is 0 Å². The molecule has 1 aromatic heterocycles. The molecule has 0 atom stereocenters. The fraction of sp³-hybridized carbons (Fsp3) is 0.286. The molecular formula is C21H20N4O4S. The van der Waals surface area contributed by atoms with Crippen LogP contribution in [0.15, 0.2) is 57.9 Å². The van der Waals surface area contributed by atoms with E-state index in [1.54, 1.807) is 7.11 Å². The zero-order chi connectivity index (χ0) is 21.1. The van der Waals surface area contributed by atoms with Gasteiger partial charge in [-0.05, 0) is 55.3 Å². The van der Waals surface area contributed by atoms with Gasteiger partial charge in [0.25, 0.3) is 5.89 Å². The molecule has 1 fully saturated rings. The number of nitriles is 1. The van der Waals surface area contributed by atoms with Crippen LogP contribution in [0, 0.1) is 11.3 Å². The Kier molecular flexibility index (Phi) is 5.53. The monoisotopic (exact) mass is 424 g/mol. The molecule has 1 aliphatic rings. The van der Waals surface area contributed by atoms with Gasteiger partial charge in [-0.1, -0.05) is 11.2 Å². The maximum absolute atomic E-state index is 12.9. The summed E-state index contributed by atoms with van der Waals surface area (Å²) in [7, 11) is -2.00. The molecule has 0 saturated carbocycles. The van der Waals surface area contributed by atoms with Crippen molar-refractivity contribution in [3.63, 3.8) is 0 Å². The highest BCUT2D eigenvalue weighted by Crippen LogP contribution is 2.31. The topological polar surface area (TPSA) is 109 Å². The number of aromatic nitrogens is 2. The Morgan fingerprint density at radius 3 is 2.57 bits per heavy atom. The molecule has 0 bridgehead atoms. The van der Waals surface area contributed by atoms with Crippen molar-refractivity contribution < 1.29 is 17.7 Å². The lowest BCUT2D eigenvalue weighted by Gasteiger charge is -2.29. The molecule has 0 aliphatic carbocycles. The van der Waals surface area contributed by atoms with Crippen molar-refractivity contribution >= 4 is 10.0 Å². The lowest BCUT2D eigenvalue weighted by molar-refractivity contribution is 0.307. The third kappa shape index (κ3) is 3.92. The first kappa shape index (κ1) is 20.1. The SMILES string of the molecule is COc1cccc(-c2nc(C3CCN(S(=O)(=O)c4ccc(C#N)cc4)CC3)no2)c1. The number of piperidine rings is 1. The molecule has 0 amide bonds. The molecule has 4 rings (SSSR count). The molecule has 1 saturated heterocycles. The van der Waals surface area contributed by atoms with E-state index in [0.29, 0.717) is 49.0 Å². The van der Waals surface area contributed by atoms with Crippen LogP contribution in [0.25, 0.3) is 11.5 Å². The second kappa shape index (κ2) is 8.26. The maximum Gasteiger partial charge on any atom is 0.258 e. The molecule has 3 aromatic rings. The summed E-state index contributed by atoms with van der Waals surface area (Å²) in [5.41, 5.74) is 1.20. The van der Waals surface area contributed by atoms with Crippen molar-refractivity contribution in [1.82, 2.24) is 14.4 Å². The summed E-state index contributed by atoms with van der Waals surface area (Å²) in [6.45, 7) is 0.742. The first-order valence-electron chi connectivity index (χ1n) is 9.49. The van der Waals surface area contributed by atoms with Crippen molar-refractivity contribution in [3.05, 3.63) is 59.9 Å². The highest BCUT2D eigenvalue weighted by atomic mass is 32.2. The normalized spacial score (nSPS) is 15.6. The third-order valence-electron chi connectivity index (χ3n) is 5.20. The van der Waals surface area contributed by atoms with E-state index in [-0.39, 0.29) is 10.8 Å². The van der Waals surface area contributed by atoms with E-state index in [1.165, 1.54) is 28.6 Å². The van der Waals surface area contributed by atoms with Gasteiger partial charge in [0.05, 0.1) is 23.6 Å². The number of benzene rings is 2. The van der Waals surface area contributed by atoms with E-state index >= 15 is 0 Å². The fourth-order valence-electron chi connectivity index (χ4n) is 3.48. The molecule has 8 nitrogen and oxygen atoms in total. The summed E-state index contributed by atoms with van der Waals surface area (Å²) in [6, 6.07) is 15.3. The molecule has 9 heteroatoms. The number of ether oxygens (including phenoxy) is 1. The van der Waals surface area contributed by atoms with Crippen LogP contribution in [0.4, 0.5) is 0 Å². The van der Waals surface area contributed by atoms with Gasteiger partial charge in [-0.25, -0.2) is 8.42 Å². The van der Waals surface area contributed by atoms with Crippen LogP contribution in [-0.2, 0) is 10.0 Å². The minimum atomic E-state index is -3.59. The van der Waals surface area contributed by atoms with Gasteiger partial charge in [-0.3, -0.25) is 0 Å². The average molecular weight is 424 g/mol. The minimum absolute atomic E-state index is 0.0283. The highest BCUT2D eigenvalue weighted by molar-refractivity contribution is 7.89. The highest BCUT2D eigenvalue weighted by Gasteiger charge is 2.31. The first-order chi connectivity index (χ1) is 14.5. The summed E-state index contributed by atoms with van der Waals surface area (Å²) in [5, 5.41) is 13.0. The molecule has 0 N–H and O–H groups in total. The van der Waals surface area contributed by atoms with Crippen molar-refractivity contribution in [1.29, 1.82) is 5.26 Å². The second-order valence-electron chi connectivity index (χ2n) is 7.00. The van der Waals surface area contributed by atoms with Gasteiger partial charge in [-0.2, -0.15) is 14.6 Å². The lowest BCUT2D eigenvalue weighted by atomic mass is 9.97. The lowest BCUT2D eigenvalue weighted by Crippen LogP contribution is -2.38. The Morgan fingerprint density at radius 1 is 1.17 bits per heavy atom. The Balaban J connectivity index is 1.44. The molecule has 0 unspecified atom stereocenters. The number of hydrogen-bond acceptors (Lipinski definition) is 7. The van der Waals surface area contributed by atoms with Crippen LogP contribution >= 0.6 is 0 Å². The standard InChI is InChI=1S/C21H20N4O4S/c1-28-18-4-2-3-17(13-18)21-23-20(24-29-21)16-9-11-25(12-10-16)30(26,27)19-7-5-15(14-22)6-8-19/h2-8,13,16H,9-12H2,1H3. The van der Waals surface area contributed by atoms with Gasteiger partial charge in [0.2, 0.25) is 10.0 Å². The summed E-state index contributed by atoms with van der Waals surface area (Å²) in [5.74, 6) is 1.73. The Hall–Kier alpha value is -3.22. The van der Waals surface area contributed by atoms with Crippen molar-refractivity contribution in [2.45, 2.75) is 23.7 Å². The smallest absolute Gasteiger partial charge is 0.258 e. The van der Waals surface area contributed by atoms with Crippen molar-refractivity contribution in [2.75, 3.05) is 20.2 Å². The summed E-state index contributed by atoms with van der Waals surface area (Å²) in [4.78, 5) is 4.71. The van der Waals surface area contributed by atoms with Crippen LogP contribution < -0.4 is 4.74 Å². The predicted octanol–water partition coefficient (Wildman–Crippen LogP) is 3.19. The molecule has 0 radical (unpaired) electrons. The first-order valence-corrected chi connectivity index (χ1v) is 10.9. The number of nitrogens with zero attached hydrogens (tertiary/aromatic N) is 4. The Morgan fingerprint density at radius 2 is 1.90 bits per heavy atom. The summed E-state index contributed by atoms with van der Waals surface area (Å²) >= 11 is 0. The van der Waals surface area contributed by atoms with Crippen LogP contribution in [0.1, 0.15) is 30.1 Å².